The number of nitrogens with one attached hydrogen (secondary N) is 1. The van der Waals surface area contributed by atoms with Crippen molar-refractivity contribution in [1.82, 2.24) is 5.32 Å². The van der Waals surface area contributed by atoms with E-state index >= 15 is 0 Å². The molecule has 1 amide bonds. The summed E-state index contributed by atoms with van der Waals surface area (Å²) in [6.45, 7) is 2.09. The van der Waals surface area contributed by atoms with Gasteiger partial charge in [-0.3, -0.25) is 4.79 Å². The number of rotatable bonds is 4. The third kappa shape index (κ3) is 2.85. The van der Waals surface area contributed by atoms with Gasteiger partial charge in [0.2, 0.25) is 0 Å². The molecule has 0 saturated heterocycles. The smallest absolute Gasteiger partial charge is 0.251 e. The number of benzene rings is 1. The van der Waals surface area contributed by atoms with Crippen LogP contribution in [0, 0.1) is 5.92 Å². The van der Waals surface area contributed by atoms with Crippen LogP contribution in [-0.4, -0.2) is 11.9 Å². The van der Waals surface area contributed by atoms with Crippen LogP contribution >= 0.6 is 15.9 Å². The van der Waals surface area contributed by atoms with Gasteiger partial charge in [-0.15, -0.1) is 0 Å². The number of amides is 1. The van der Waals surface area contributed by atoms with Crippen molar-refractivity contribution in [1.29, 1.82) is 0 Å². The molecule has 2 rings (SSSR count). The first-order valence-corrected chi connectivity index (χ1v) is 6.78. The fraction of sp³-hybridized carbons (Fsp3) is 0.462. The summed E-state index contributed by atoms with van der Waals surface area (Å²) in [6.07, 6.45) is 2.51. The van der Waals surface area contributed by atoms with Gasteiger partial charge >= 0.3 is 0 Å². The van der Waals surface area contributed by atoms with Crippen molar-refractivity contribution >= 4 is 21.8 Å². The Kier molecular flexibility index (Phi) is 3.64. The minimum absolute atomic E-state index is 0.0422. The zero-order valence-corrected chi connectivity index (χ0v) is 11.0. The maximum Gasteiger partial charge on any atom is 0.251 e. The van der Waals surface area contributed by atoms with Gasteiger partial charge in [0, 0.05) is 16.9 Å². The van der Waals surface area contributed by atoms with Crippen LogP contribution < -0.4 is 5.32 Å². The summed E-state index contributed by atoms with van der Waals surface area (Å²) in [5.74, 6) is 0.742. The number of hydrogen-bond acceptors (Lipinski definition) is 1. The van der Waals surface area contributed by atoms with Gasteiger partial charge in [-0.25, -0.2) is 0 Å². The minimum atomic E-state index is 0.0422. The summed E-state index contributed by atoms with van der Waals surface area (Å²) in [4.78, 5) is 11.9. The molecule has 1 aromatic rings. The fourth-order valence-corrected chi connectivity index (χ4v) is 2.12. The van der Waals surface area contributed by atoms with Crippen molar-refractivity contribution in [3.63, 3.8) is 0 Å². The molecule has 1 fully saturated rings. The third-order valence-corrected chi connectivity index (χ3v) is 3.71. The van der Waals surface area contributed by atoms with Crippen LogP contribution in [0.15, 0.2) is 24.3 Å². The molecule has 1 unspecified atom stereocenters. The van der Waals surface area contributed by atoms with E-state index in [1.807, 2.05) is 24.3 Å². The number of halogens is 1. The van der Waals surface area contributed by atoms with Crippen molar-refractivity contribution in [3.05, 3.63) is 35.4 Å². The van der Waals surface area contributed by atoms with Gasteiger partial charge in [0.1, 0.15) is 0 Å². The summed E-state index contributed by atoms with van der Waals surface area (Å²) in [5, 5.41) is 3.87. The predicted molar refractivity (Wildman–Crippen MR) is 68.7 cm³/mol. The second-order valence-corrected chi connectivity index (χ2v) is 4.99. The molecular weight excluding hydrogens is 266 g/mol. The molecule has 86 valence electrons. The number of carbonyl (C=O) groups excluding carboxylic acids is 1. The molecule has 16 heavy (non-hydrogen) atoms. The van der Waals surface area contributed by atoms with Gasteiger partial charge in [0.25, 0.3) is 5.91 Å². The third-order valence-electron chi connectivity index (χ3n) is 3.06. The van der Waals surface area contributed by atoms with Crippen LogP contribution in [0.4, 0.5) is 0 Å². The quantitative estimate of drug-likeness (QED) is 0.845. The number of carbonyl (C=O) groups is 1. The van der Waals surface area contributed by atoms with Crippen molar-refractivity contribution < 1.29 is 4.79 Å². The van der Waals surface area contributed by atoms with E-state index in [9.17, 15) is 4.79 Å². The normalized spacial score (nSPS) is 16.9. The highest BCUT2D eigenvalue weighted by Gasteiger charge is 2.28. The first-order valence-electron chi connectivity index (χ1n) is 5.66. The SMILES string of the molecule is CC(NC(=O)c1ccc(CBr)cc1)C1CC1. The fourth-order valence-electron chi connectivity index (χ4n) is 1.75. The van der Waals surface area contributed by atoms with E-state index in [1.54, 1.807) is 0 Å². The Morgan fingerprint density at radius 2 is 2.06 bits per heavy atom. The molecule has 2 nitrogen and oxygen atoms in total. The maximum absolute atomic E-state index is 11.9. The molecule has 1 aromatic carbocycles. The van der Waals surface area contributed by atoms with Crippen molar-refractivity contribution in [2.45, 2.75) is 31.1 Å². The molecule has 0 spiro atoms. The van der Waals surface area contributed by atoms with Crippen LogP contribution in [0.3, 0.4) is 0 Å². The topological polar surface area (TPSA) is 29.1 Å². The zero-order chi connectivity index (χ0) is 11.5. The largest absolute Gasteiger partial charge is 0.349 e. The Balaban J connectivity index is 1.96. The highest BCUT2D eigenvalue weighted by atomic mass is 79.9. The second-order valence-electron chi connectivity index (χ2n) is 4.43. The molecular formula is C13H16BrNO. The minimum Gasteiger partial charge on any atom is -0.349 e. The van der Waals surface area contributed by atoms with Crippen LogP contribution in [0.5, 0.6) is 0 Å². The first kappa shape index (κ1) is 11.6. The molecule has 0 radical (unpaired) electrons. The monoisotopic (exact) mass is 281 g/mol. The van der Waals surface area contributed by atoms with Crippen molar-refractivity contribution in [3.8, 4) is 0 Å². The lowest BCUT2D eigenvalue weighted by Gasteiger charge is -2.12. The predicted octanol–water partition coefficient (Wildman–Crippen LogP) is 3.11. The van der Waals surface area contributed by atoms with E-state index < -0.39 is 0 Å². The van der Waals surface area contributed by atoms with Gasteiger partial charge in [0.15, 0.2) is 0 Å². The Morgan fingerprint density at radius 1 is 1.44 bits per heavy atom. The lowest BCUT2D eigenvalue weighted by Crippen LogP contribution is -2.33. The van der Waals surface area contributed by atoms with Crippen LogP contribution in [0.2, 0.25) is 0 Å². The van der Waals surface area contributed by atoms with E-state index in [0.29, 0.717) is 12.0 Å². The maximum atomic E-state index is 11.9. The lowest BCUT2D eigenvalue weighted by molar-refractivity contribution is 0.0936. The number of alkyl halides is 1. The van der Waals surface area contributed by atoms with Crippen LogP contribution in [0.1, 0.15) is 35.7 Å². The molecule has 1 aliphatic rings. The van der Waals surface area contributed by atoms with Crippen molar-refractivity contribution in [2.75, 3.05) is 0 Å². The summed E-state index contributed by atoms with van der Waals surface area (Å²) >= 11 is 3.39. The van der Waals surface area contributed by atoms with Gasteiger partial charge in [0.05, 0.1) is 0 Å². The lowest BCUT2D eigenvalue weighted by atomic mass is 10.1. The first-order chi connectivity index (χ1) is 7.70. The molecule has 3 heteroatoms. The summed E-state index contributed by atoms with van der Waals surface area (Å²) in [6, 6.07) is 8.02. The van der Waals surface area contributed by atoms with Gasteiger partial charge in [-0.05, 0) is 43.4 Å². The summed E-state index contributed by atoms with van der Waals surface area (Å²) < 4.78 is 0. The van der Waals surface area contributed by atoms with Gasteiger partial charge in [-0.1, -0.05) is 28.1 Å². The number of hydrogen-bond donors (Lipinski definition) is 1. The molecule has 1 saturated carbocycles. The van der Waals surface area contributed by atoms with Crippen LogP contribution in [-0.2, 0) is 5.33 Å². The molecule has 1 atom stereocenters. The Morgan fingerprint density at radius 3 is 2.56 bits per heavy atom. The summed E-state index contributed by atoms with van der Waals surface area (Å²) in [7, 11) is 0. The molecule has 0 aliphatic heterocycles. The molecule has 0 aromatic heterocycles. The zero-order valence-electron chi connectivity index (χ0n) is 9.37. The van der Waals surface area contributed by atoms with Crippen LogP contribution in [0.25, 0.3) is 0 Å². The Hall–Kier alpha value is -0.830. The molecule has 1 aliphatic carbocycles. The van der Waals surface area contributed by atoms with E-state index in [0.717, 1.165) is 10.9 Å². The van der Waals surface area contributed by atoms with Crippen molar-refractivity contribution in [2.24, 2.45) is 5.92 Å². The Labute approximate surface area is 105 Å². The second kappa shape index (κ2) is 5.00. The van der Waals surface area contributed by atoms with E-state index in [1.165, 1.54) is 18.4 Å². The average molecular weight is 282 g/mol. The van der Waals surface area contributed by atoms with Gasteiger partial charge in [-0.2, -0.15) is 0 Å². The van der Waals surface area contributed by atoms with E-state index in [4.69, 9.17) is 0 Å². The highest BCUT2D eigenvalue weighted by molar-refractivity contribution is 9.08. The molecule has 0 bridgehead atoms. The van der Waals surface area contributed by atoms with E-state index in [2.05, 4.69) is 28.2 Å². The summed E-state index contributed by atoms with van der Waals surface area (Å²) in [5.41, 5.74) is 1.93. The Bertz CT molecular complexity index is 370. The van der Waals surface area contributed by atoms with Gasteiger partial charge < -0.3 is 5.32 Å². The average Bonchev–Trinajstić information content (AvgIpc) is 3.13. The molecule has 0 heterocycles. The molecule has 1 N–H and O–H groups in total. The highest BCUT2D eigenvalue weighted by Crippen LogP contribution is 2.32. The van der Waals surface area contributed by atoms with E-state index in [-0.39, 0.29) is 5.91 Å². The standard InChI is InChI=1S/C13H16BrNO/c1-9(11-6-7-11)15-13(16)12-4-2-10(8-14)3-5-12/h2-5,9,11H,6-8H2,1H3,(H,15,16).